The van der Waals surface area contributed by atoms with Crippen molar-refractivity contribution >= 4 is 12.0 Å². The Morgan fingerprint density at radius 1 is 1.21 bits per heavy atom. The third kappa shape index (κ3) is 4.07. The second-order valence-corrected chi connectivity index (χ2v) is 8.07. The van der Waals surface area contributed by atoms with E-state index in [1.807, 2.05) is 6.08 Å². The van der Waals surface area contributed by atoms with Gasteiger partial charge in [0.05, 0.1) is 20.1 Å². The Balaban J connectivity index is 2.06. The monoisotopic (exact) mass is 335 g/mol. The van der Waals surface area contributed by atoms with E-state index >= 15 is 0 Å². The van der Waals surface area contributed by atoms with Crippen LogP contribution in [0, 0.1) is 5.41 Å². The molecule has 5 nitrogen and oxygen atoms in total. The number of hydrogen-bond donors (Lipinski definition) is 1. The number of likely N-dealkylation sites (N-methyl/N-ethyl adjacent to an activating group) is 1. The van der Waals surface area contributed by atoms with Crippen molar-refractivity contribution in [1.82, 2.24) is 4.90 Å². The summed E-state index contributed by atoms with van der Waals surface area (Å²) in [5, 5.41) is 9.36. The maximum atomic E-state index is 12.6. The highest BCUT2D eigenvalue weighted by Crippen LogP contribution is 2.40. The molecule has 1 aliphatic heterocycles. The van der Waals surface area contributed by atoms with Gasteiger partial charge in [-0.3, -0.25) is 4.79 Å². The number of quaternary nitrogens is 1. The number of carbonyl (C=O) groups is 2. The Hall–Kier alpha value is -1.62. The van der Waals surface area contributed by atoms with Gasteiger partial charge in [-0.15, -0.1) is 0 Å². The van der Waals surface area contributed by atoms with E-state index in [2.05, 4.69) is 20.8 Å². The predicted molar refractivity (Wildman–Crippen MR) is 94.6 cm³/mol. The van der Waals surface area contributed by atoms with Crippen LogP contribution in [-0.2, 0) is 4.79 Å². The first-order chi connectivity index (χ1) is 11.2. The van der Waals surface area contributed by atoms with E-state index < -0.39 is 6.09 Å². The summed E-state index contributed by atoms with van der Waals surface area (Å²) in [6.07, 6.45) is 7.04. The lowest BCUT2D eigenvalue weighted by molar-refractivity contribution is -0.835. The van der Waals surface area contributed by atoms with E-state index in [0.29, 0.717) is 26.2 Å². The second kappa shape index (κ2) is 7.09. The largest absolute Gasteiger partial charge is 0.513 e. The molecule has 0 aromatic heterocycles. The molecule has 24 heavy (non-hydrogen) atoms. The molecule has 2 amide bonds. The number of carboxylic acid groups (broad SMARTS) is 1. The Labute approximate surface area is 145 Å². The number of nitrogens with zero attached hydrogens (tertiary/aromatic N) is 2. The van der Waals surface area contributed by atoms with Crippen LogP contribution < -0.4 is 0 Å². The number of carbonyl (C=O) groups excluding carboxylic acids is 1. The minimum absolute atomic E-state index is 0.00416. The van der Waals surface area contributed by atoms with Gasteiger partial charge in [0.25, 0.3) is 0 Å². The maximum absolute atomic E-state index is 12.6. The molecule has 0 aromatic carbocycles. The van der Waals surface area contributed by atoms with Gasteiger partial charge in [-0.05, 0) is 37.2 Å². The summed E-state index contributed by atoms with van der Waals surface area (Å²) in [6.45, 7) is 8.79. The van der Waals surface area contributed by atoms with Crippen molar-refractivity contribution < 1.29 is 19.2 Å². The third-order valence-electron chi connectivity index (χ3n) is 5.65. The molecular formula is C19H31N2O3+. The van der Waals surface area contributed by atoms with Crippen LogP contribution in [0.4, 0.5) is 4.79 Å². The van der Waals surface area contributed by atoms with E-state index in [-0.39, 0.29) is 15.8 Å². The molecule has 1 unspecified atom stereocenters. The summed E-state index contributed by atoms with van der Waals surface area (Å²) in [6, 6.07) is 0. The Bertz CT molecular complexity index is 577. The van der Waals surface area contributed by atoms with Crippen molar-refractivity contribution in [2.45, 2.75) is 46.5 Å². The number of hydrogen-bond acceptors (Lipinski definition) is 2. The van der Waals surface area contributed by atoms with Gasteiger partial charge >= 0.3 is 6.09 Å². The molecule has 2 aliphatic rings. The zero-order valence-electron chi connectivity index (χ0n) is 15.5. The molecular weight excluding hydrogens is 304 g/mol. The molecule has 0 saturated carbocycles. The lowest BCUT2D eigenvalue weighted by atomic mass is 9.72. The van der Waals surface area contributed by atoms with Crippen LogP contribution in [0.3, 0.4) is 0 Å². The first-order valence-electron chi connectivity index (χ1n) is 8.91. The van der Waals surface area contributed by atoms with Crippen molar-refractivity contribution in [2.24, 2.45) is 5.41 Å². The molecule has 0 spiro atoms. The molecule has 1 saturated heterocycles. The molecule has 2 rings (SSSR count). The smallest absolute Gasteiger partial charge is 0.435 e. The molecule has 1 fully saturated rings. The van der Waals surface area contributed by atoms with E-state index in [0.717, 1.165) is 19.3 Å². The Morgan fingerprint density at radius 3 is 2.54 bits per heavy atom. The topological polar surface area (TPSA) is 57.6 Å². The van der Waals surface area contributed by atoms with E-state index in [1.165, 1.54) is 17.6 Å². The van der Waals surface area contributed by atoms with Crippen LogP contribution in [0.5, 0.6) is 0 Å². The van der Waals surface area contributed by atoms with E-state index in [4.69, 9.17) is 0 Å². The molecule has 1 aliphatic carbocycles. The fourth-order valence-corrected chi connectivity index (χ4v) is 3.86. The highest BCUT2D eigenvalue weighted by atomic mass is 16.4. The fraction of sp³-hybridized carbons (Fsp3) is 0.684. The highest BCUT2D eigenvalue weighted by molar-refractivity contribution is 5.88. The fourth-order valence-electron chi connectivity index (χ4n) is 3.86. The van der Waals surface area contributed by atoms with Crippen LogP contribution in [-0.4, -0.2) is 59.7 Å². The van der Waals surface area contributed by atoms with E-state index in [9.17, 15) is 14.7 Å². The van der Waals surface area contributed by atoms with Crippen molar-refractivity contribution in [3.8, 4) is 0 Å². The first kappa shape index (κ1) is 18.7. The molecule has 0 bridgehead atoms. The molecule has 0 aromatic rings. The van der Waals surface area contributed by atoms with Gasteiger partial charge in [0.2, 0.25) is 5.91 Å². The predicted octanol–water partition coefficient (Wildman–Crippen LogP) is 3.43. The minimum Gasteiger partial charge on any atom is -0.435 e. The van der Waals surface area contributed by atoms with Crippen LogP contribution in [0.1, 0.15) is 46.5 Å². The molecule has 1 N–H and O–H groups in total. The highest BCUT2D eigenvalue weighted by Gasteiger charge is 2.34. The van der Waals surface area contributed by atoms with Gasteiger partial charge in [0.15, 0.2) is 0 Å². The van der Waals surface area contributed by atoms with E-state index in [1.54, 1.807) is 18.0 Å². The van der Waals surface area contributed by atoms with Gasteiger partial charge in [-0.25, -0.2) is 4.48 Å². The van der Waals surface area contributed by atoms with Crippen molar-refractivity contribution in [3.63, 3.8) is 0 Å². The Kier molecular flexibility index (Phi) is 5.53. The molecule has 1 heterocycles. The summed E-state index contributed by atoms with van der Waals surface area (Å²) in [5.41, 5.74) is 2.78. The van der Waals surface area contributed by atoms with Crippen LogP contribution >= 0.6 is 0 Å². The van der Waals surface area contributed by atoms with Crippen LogP contribution in [0.15, 0.2) is 23.3 Å². The summed E-state index contributed by atoms with van der Waals surface area (Å²) in [5.74, 6) is -0.00416. The van der Waals surface area contributed by atoms with Crippen molar-refractivity contribution in [3.05, 3.63) is 23.3 Å². The van der Waals surface area contributed by atoms with Crippen LogP contribution in [0.2, 0.25) is 0 Å². The SMILES string of the molecule is CC1=C(C=CC(=O)N2CCC[N+](C)(C(=O)O)CC2)C(C)(C)CCC1. The second-order valence-electron chi connectivity index (χ2n) is 8.07. The average Bonchev–Trinajstić information content (AvgIpc) is 2.69. The van der Waals surface area contributed by atoms with Crippen molar-refractivity contribution in [2.75, 3.05) is 33.2 Å². The van der Waals surface area contributed by atoms with Gasteiger partial charge in [0, 0.05) is 19.0 Å². The minimum atomic E-state index is -0.815. The summed E-state index contributed by atoms with van der Waals surface area (Å²) >= 11 is 0. The summed E-state index contributed by atoms with van der Waals surface area (Å²) in [4.78, 5) is 25.7. The number of rotatable bonds is 2. The Morgan fingerprint density at radius 2 is 1.92 bits per heavy atom. The lowest BCUT2D eigenvalue weighted by Gasteiger charge is -2.33. The lowest BCUT2D eigenvalue weighted by Crippen LogP contribution is -2.50. The molecule has 134 valence electrons. The molecule has 5 heteroatoms. The normalized spacial score (nSPS) is 28.1. The molecule has 1 atom stereocenters. The quantitative estimate of drug-likeness (QED) is 0.621. The number of amides is 2. The zero-order chi connectivity index (χ0) is 18.0. The first-order valence-corrected chi connectivity index (χ1v) is 8.91. The standard InChI is InChI=1S/C19H30N2O3/c1-15-7-5-10-19(2,3)16(15)8-9-17(22)20-11-6-13-21(4,14-12-20)18(23)24/h8-9H,5-7,10-14H2,1-4H3/p+1. The molecule has 0 radical (unpaired) electrons. The third-order valence-corrected chi connectivity index (χ3v) is 5.65. The van der Waals surface area contributed by atoms with Gasteiger partial charge < -0.3 is 10.0 Å². The maximum Gasteiger partial charge on any atom is 0.513 e. The van der Waals surface area contributed by atoms with Gasteiger partial charge in [-0.1, -0.05) is 25.5 Å². The van der Waals surface area contributed by atoms with Gasteiger partial charge in [-0.2, -0.15) is 4.79 Å². The van der Waals surface area contributed by atoms with Gasteiger partial charge in [0.1, 0.15) is 6.54 Å². The van der Waals surface area contributed by atoms with Crippen molar-refractivity contribution in [1.29, 1.82) is 0 Å². The summed E-state index contributed by atoms with van der Waals surface area (Å²) in [7, 11) is 1.73. The zero-order valence-corrected chi connectivity index (χ0v) is 15.5. The summed E-state index contributed by atoms with van der Waals surface area (Å²) < 4.78 is -0.00914. The van der Waals surface area contributed by atoms with Crippen LogP contribution in [0.25, 0.3) is 0 Å². The average molecular weight is 335 g/mol. The number of allylic oxidation sites excluding steroid dienone is 3.